The van der Waals surface area contributed by atoms with Crippen LogP contribution in [0.15, 0.2) is 49.3 Å². The molecule has 3 aromatic rings. The lowest BCUT2D eigenvalue weighted by Crippen LogP contribution is -2.41. The highest BCUT2D eigenvalue weighted by molar-refractivity contribution is 6.34. The zero-order valence-electron chi connectivity index (χ0n) is 18.2. The van der Waals surface area contributed by atoms with Crippen LogP contribution in [0.3, 0.4) is 0 Å². The van der Waals surface area contributed by atoms with Gasteiger partial charge >= 0.3 is 0 Å². The summed E-state index contributed by atoms with van der Waals surface area (Å²) in [6.07, 6.45) is 4.28. The first-order chi connectivity index (χ1) is 16.0. The van der Waals surface area contributed by atoms with Crippen molar-refractivity contribution in [3.63, 3.8) is 0 Å². The summed E-state index contributed by atoms with van der Waals surface area (Å²) in [6, 6.07) is 9.13. The van der Waals surface area contributed by atoms with Crippen molar-refractivity contribution in [2.45, 2.75) is 25.5 Å². The largest absolute Gasteiger partial charge is 0.493 e. The summed E-state index contributed by atoms with van der Waals surface area (Å²) in [4.78, 5) is 22.4. The summed E-state index contributed by atoms with van der Waals surface area (Å²) in [7, 11) is 1.60. The number of carbonyl (C=O) groups excluding carboxylic acids is 1. The fraction of sp³-hybridized carbons (Fsp3) is 0.292. The van der Waals surface area contributed by atoms with Crippen molar-refractivity contribution in [2.75, 3.05) is 25.5 Å². The molecule has 1 amide bonds. The molecule has 2 heterocycles. The summed E-state index contributed by atoms with van der Waals surface area (Å²) in [5.74, 6) is 1.82. The number of anilines is 1. The second kappa shape index (κ2) is 10.3. The number of carbonyl (C=O) groups is 1. The molecule has 0 aliphatic carbocycles. The molecule has 7 nitrogen and oxygen atoms in total. The number of fused-ring (bicyclic) bond motifs is 1. The van der Waals surface area contributed by atoms with E-state index >= 15 is 0 Å². The molecular formula is C24H24Cl2N4O3. The first kappa shape index (κ1) is 23.1. The van der Waals surface area contributed by atoms with Crippen LogP contribution in [0.25, 0.3) is 10.9 Å². The molecule has 33 heavy (non-hydrogen) atoms. The van der Waals surface area contributed by atoms with Crippen LogP contribution in [0, 0.1) is 0 Å². The van der Waals surface area contributed by atoms with Crippen LogP contribution in [0.5, 0.6) is 11.5 Å². The molecule has 0 spiro atoms. The Morgan fingerprint density at radius 2 is 1.88 bits per heavy atom. The van der Waals surface area contributed by atoms with E-state index in [1.54, 1.807) is 18.1 Å². The Balaban J connectivity index is 1.55. The Bertz CT molecular complexity index is 1160. The average Bonchev–Trinajstić information content (AvgIpc) is 2.81. The number of benzene rings is 2. The predicted molar refractivity (Wildman–Crippen MR) is 130 cm³/mol. The van der Waals surface area contributed by atoms with E-state index in [-0.39, 0.29) is 12.0 Å². The van der Waals surface area contributed by atoms with Gasteiger partial charge in [0.15, 0.2) is 11.5 Å². The van der Waals surface area contributed by atoms with Crippen molar-refractivity contribution in [2.24, 2.45) is 0 Å². The fourth-order valence-corrected chi connectivity index (χ4v) is 4.43. The molecule has 0 unspecified atom stereocenters. The van der Waals surface area contributed by atoms with E-state index in [9.17, 15) is 4.79 Å². The number of piperidine rings is 1. The van der Waals surface area contributed by atoms with E-state index in [4.69, 9.17) is 32.7 Å². The first-order valence-electron chi connectivity index (χ1n) is 10.6. The van der Waals surface area contributed by atoms with E-state index in [1.165, 1.54) is 12.4 Å². The van der Waals surface area contributed by atoms with Crippen LogP contribution < -0.4 is 14.8 Å². The molecule has 1 N–H and O–H groups in total. The van der Waals surface area contributed by atoms with E-state index < -0.39 is 0 Å². The lowest BCUT2D eigenvalue weighted by atomic mass is 10.1. The molecule has 4 rings (SSSR count). The summed E-state index contributed by atoms with van der Waals surface area (Å²) >= 11 is 12.2. The van der Waals surface area contributed by atoms with Gasteiger partial charge in [-0.3, -0.25) is 4.79 Å². The monoisotopic (exact) mass is 486 g/mol. The number of methoxy groups -OCH3 is 1. The summed E-state index contributed by atoms with van der Waals surface area (Å²) in [6.45, 7) is 5.30. The normalized spacial score (nSPS) is 14.2. The number of hydrogen-bond acceptors (Lipinski definition) is 6. The zero-order valence-corrected chi connectivity index (χ0v) is 19.7. The standard InChI is InChI=1S/C24H24Cl2N4O3/c1-3-23(31)30-6-4-18(5-7-30)33-22-11-19-20(12-21(22)32-2)28-14-29-24(19)27-13-15-8-16(25)10-17(26)9-15/h3,8-12,14,18H,1,4-7,13H2,2H3,(H,27,28,29). The SMILES string of the molecule is C=CC(=O)N1CCC(Oc2cc3c(NCc4cc(Cl)cc(Cl)c4)ncnc3cc2OC)CC1. The van der Waals surface area contributed by atoms with Gasteiger partial charge in [0.05, 0.1) is 12.6 Å². The maximum atomic E-state index is 11.8. The van der Waals surface area contributed by atoms with Crippen molar-refractivity contribution < 1.29 is 14.3 Å². The Morgan fingerprint density at radius 1 is 1.15 bits per heavy atom. The van der Waals surface area contributed by atoms with Crippen molar-refractivity contribution in [3.05, 3.63) is 64.9 Å². The number of nitrogens with zero attached hydrogens (tertiary/aromatic N) is 3. The molecule has 1 aliphatic heterocycles. The van der Waals surface area contributed by atoms with Crippen molar-refractivity contribution in [1.29, 1.82) is 0 Å². The maximum Gasteiger partial charge on any atom is 0.245 e. The zero-order chi connectivity index (χ0) is 23.4. The highest BCUT2D eigenvalue weighted by Gasteiger charge is 2.24. The minimum atomic E-state index is -0.0504. The number of hydrogen-bond donors (Lipinski definition) is 1. The Kier molecular flexibility index (Phi) is 7.20. The topological polar surface area (TPSA) is 76.6 Å². The van der Waals surface area contributed by atoms with Crippen molar-refractivity contribution in [3.8, 4) is 11.5 Å². The number of amides is 1. The fourth-order valence-electron chi connectivity index (χ4n) is 3.86. The Hall–Kier alpha value is -3.03. The number of halogens is 2. The smallest absolute Gasteiger partial charge is 0.245 e. The van der Waals surface area contributed by atoms with Gasteiger partial charge in [-0.25, -0.2) is 9.97 Å². The van der Waals surface area contributed by atoms with Gasteiger partial charge in [0.1, 0.15) is 18.2 Å². The second-order valence-corrected chi connectivity index (χ2v) is 8.59. The molecule has 0 atom stereocenters. The molecule has 2 aromatic carbocycles. The lowest BCUT2D eigenvalue weighted by molar-refractivity contribution is -0.127. The number of rotatable bonds is 7. The maximum absolute atomic E-state index is 11.8. The molecule has 1 aliphatic rings. The van der Waals surface area contributed by atoms with Gasteiger partial charge in [-0.05, 0) is 35.9 Å². The van der Waals surface area contributed by atoms with Gasteiger partial charge in [-0.2, -0.15) is 0 Å². The summed E-state index contributed by atoms with van der Waals surface area (Å²) < 4.78 is 11.8. The molecule has 9 heteroatoms. The predicted octanol–water partition coefficient (Wildman–Crippen LogP) is 5.11. The summed E-state index contributed by atoms with van der Waals surface area (Å²) in [5.41, 5.74) is 1.66. The number of likely N-dealkylation sites (tertiary alicyclic amines) is 1. The van der Waals surface area contributed by atoms with Gasteiger partial charge < -0.3 is 19.7 Å². The molecule has 172 valence electrons. The third-order valence-electron chi connectivity index (χ3n) is 5.52. The third-order valence-corrected chi connectivity index (χ3v) is 5.96. The molecule has 1 aromatic heterocycles. The number of nitrogens with one attached hydrogen (secondary N) is 1. The Labute approximate surface area is 202 Å². The Morgan fingerprint density at radius 3 is 2.55 bits per heavy atom. The molecule has 0 radical (unpaired) electrons. The molecule has 1 saturated heterocycles. The van der Waals surface area contributed by atoms with Gasteiger partial charge in [-0.1, -0.05) is 29.8 Å². The van der Waals surface area contributed by atoms with Crippen LogP contribution in [0.4, 0.5) is 5.82 Å². The minimum absolute atomic E-state index is 0.0279. The molecule has 0 saturated carbocycles. The van der Waals surface area contributed by atoms with E-state index in [0.717, 1.165) is 29.3 Å². The number of aromatic nitrogens is 2. The van der Waals surface area contributed by atoms with Crippen molar-refractivity contribution >= 4 is 45.8 Å². The molecular weight excluding hydrogens is 463 g/mol. The number of ether oxygens (including phenoxy) is 2. The highest BCUT2D eigenvalue weighted by Crippen LogP contribution is 2.35. The van der Waals surface area contributed by atoms with E-state index in [0.29, 0.717) is 47.0 Å². The van der Waals surface area contributed by atoms with Crippen LogP contribution in [-0.4, -0.2) is 47.1 Å². The van der Waals surface area contributed by atoms with Gasteiger partial charge in [-0.15, -0.1) is 0 Å². The van der Waals surface area contributed by atoms with Crippen LogP contribution in [-0.2, 0) is 11.3 Å². The van der Waals surface area contributed by atoms with Gasteiger partial charge in [0.25, 0.3) is 0 Å². The minimum Gasteiger partial charge on any atom is -0.493 e. The lowest BCUT2D eigenvalue weighted by Gasteiger charge is -2.31. The van der Waals surface area contributed by atoms with E-state index in [2.05, 4.69) is 21.9 Å². The van der Waals surface area contributed by atoms with Gasteiger partial charge in [0.2, 0.25) is 5.91 Å². The van der Waals surface area contributed by atoms with Crippen LogP contribution in [0.1, 0.15) is 18.4 Å². The summed E-state index contributed by atoms with van der Waals surface area (Å²) in [5, 5.41) is 5.29. The quantitative estimate of drug-likeness (QED) is 0.467. The highest BCUT2D eigenvalue weighted by atomic mass is 35.5. The third kappa shape index (κ3) is 5.49. The molecule has 0 bridgehead atoms. The van der Waals surface area contributed by atoms with Gasteiger partial charge in [0, 0.05) is 54.0 Å². The molecule has 1 fully saturated rings. The van der Waals surface area contributed by atoms with E-state index in [1.807, 2.05) is 24.3 Å². The average molecular weight is 487 g/mol. The van der Waals surface area contributed by atoms with Crippen LogP contribution >= 0.6 is 23.2 Å². The van der Waals surface area contributed by atoms with Crippen LogP contribution in [0.2, 0.25) is 10.0 Å². The second-order valence-electron chi connectivity index (χ2n) is 7.72. The first-order valence-corrected chi connectivity index (χ1v) is 11.3. The van der Waals surface area contributed by atoms with Crippen molar-refractivity contribution in [1.82, 2.24) is 14.9 Å².